The molecule has 0 rings (SSSR count). The van der Waals surface area contributed by atoms with E-state index >= 15 is 0 Å². The maximum atomic E-state index is 6.16. The summed E-state index contributed by atoms with van der Waals surface area (Å²) in [5.41, 5.74) is 6.16. The molecule has 0 aliphatic carbocycles. The maximum absolute atomic E-state index is 6.16. The molecular formula is C12H28N2. The van der Waals surface area contributed by atoms with Gasteiger partial charge in [-0.05, 0) is 32.7 Å². The van der Waals surface area contributed by atoms with Crippen molar-refractivity contribution < 1.29 is 0 Å². The number of hydrogen-bond acceptors (Lipinski definition) is 2. The van der Waals surface area contributed by atoms with Crippen molar-refractivity contribution in [2.45, 2.75) is 59.5 Å². The van der Waals surface area contributed by atoms with Gasteiger partial charge >= 0.3 is 0 Å². The van der Waals surface area contributed by atoms with Gasteiger partial charge in [0.05, 0.1) is 0 Å². The molecule has 0 aromatic heterocycles. The summed E-state index contributed by atoms with van der Waals surface area (Å²) >= 11 is 0. The van der Waals surface area contributed by atoms with E-state index in [1.165, 1.54) is 19.4 Å². The zero-order chi connectivity index (χ0) is 11.1. The van der Waals surface area contributed by atoms with Gasteiger partial charge in [-0.1, -0.05) is 27.2 Å². The Morgan fingerprint density at radius 2 is 1.71 bits per heavy atom. The standard InChI is InChI=1S/C12H28N2/c1-6-8-14(10(3)4)9-12(13)11(5)7-2/h10-12H,6-9,13H2,1-5H3. The monoisotopic (exact) mass is 200 g/mol. The summed E-state index contributed by atoms with van der Waals surface area (Å²) in [6.45, 7) is 13.4. The van der Waals surface area contributed by atoms with Crippen LogP contribution >= 0.6 is 0 Å². The smallest absolute Gasteiger partial charge is 0.0193 e. The third kappa shape index (κ3) is 4.97. The molecule has 2 nitrogen and oxygen atoms in total. The highest BCUT2D eigenvalue weighted by Crippen LogP contribution is 2.09. The summed E-state index contributed by atoms with van der Waals surface area (Å²) in [4.78, 5) is 2.48. The van der Waals surface area contributed by atoms with Crippen molar-refractivity contribution in [3.8, 4) is 0 Å². The molecule has 0 aromatic carbocycles. The van der Waals surface area contributed by atoms with Crippen LogP contribution in [-0.2, 0) is 0 Å². The van der Waals surface area contributed by atoms with E-state index in [1.807, 2.05) is 0 Å². The molecule has 0 radical (unpaired) electrons. The van der Waals surface area contributed by atoms with Crippen LogP contribution in [0.25, 0.3) is 0 Å². The van der Waals surface area contributed by atoms with Crippen LogP contribution in [0.2, 0.25) is 0 Å². The second-order valence-corrected chi connectivity index (χ2v) is 4.64. The van der Waals surface area contributed by atoms with Crippen LogP contribution in [0.3, 0.4) is 0 Å². The van der Waals surface area contributed by atoms with Crippen LogP contribution in [0, 0.1) is 5.92 Å². The molecule has 2 heteroatoms. The zero-order valence-electron chi connectivity index (χ0n) is 10.6. The van der Waals surface area contributed by atoms with Crippen molar-refractivity contribution in [2.75, 3.05) is 13.1 Å². The molecule has 0 saturated carbocycles. The summed E-state index contributed by atoms with van der Waals surface area (Å²) < 4.78 is 0. The van der Waals surface area contributed by atoms with Gasteiger partial charge < -0.3 is 5.73 Å². The van der Waals surface area contributed by atoms with Crippen LogP contribution in [0.5, 0.6) is 0 Å². The molecule has 0 fully saturated rings. The lowest BCUT2D eigenvalue weighted by Crippen LogP contribution is -2.44. The Hall–Kier alpha value is -0.0800. The van der Waals surface area contributed by atoms with Crippen LogP contribution in [0.15, 0.2) is 0 Å². The first-order chi connectivity index (χ1) is 6.52. The molecule has 0 bridgehead atoms. The topological polar surface area (TPSA) is 29.3 Å². The summed E-state index contributed by atoms with van der Waals surface area (Å²) in [6.07, 6.45) is 2.39. The third-order valence-electron chi connectivity index (χ3n) is 3.06. The van der Waals surface area contributed by atoms with Crippen molar-refractivity contribution in [3.63, 3.8) is 0 Å². The fourth-order valence-corrected chi connectivity index (χ4v) is 1.60. The van der Waals surface area contributed by atoms with Gasteiger partial charge in [-0.2, -0.15) is 0 Å². The molecule has 2 atom stereocenters. The number of rotatable bonds is 7. The minimum Gasteiger partial charge on any atom is -0.326 e. The van der Waals surface area contributed by atoms with Crippen LogP contribution in [-0.4, -0.2) is 30.1 Å². The number of nitrogens with zero attached hydrogens (tertiary/aromatic N) is 1. The normalized spacial score (nSPS) is 16.3. The molecule has 0 spiro atoms. The van der Waals surface area contributed by atoms with Gasteiger partial charge in [-0.25, -0.2) is 0 Å². The molecule has 2 unspecified atom stereocenters. The molecule has 0 heterocycles. The summed E-state index contributed by atoms with van der Waals surface area (Å²) in [5, 5.41) is 0. The fraction of sp³-hybridized carbons (Fsp3) is 1.00. The summed E-state index contributed by atoms with van der Waals surface area (Å²) in [6, 6.07) is 0.944. The average molecular weight is 200 g/mol. The van der Waals surface area contributed by atoms with Crippen molar-refractivity contribution in [1.29, 1.82) is 0 Å². The van der Waals surface area contributed by atoms with Gasteiger partial charge in [0, 0.05) is 18.6 Å². The van der Waals surface area contributed by atoms with Gasteiger partial charge in [0.25, 0.3) is 0 Å². The lowest BCUT2D eigenvalue weighted by atomic mass is 9.99. The highest BCUT2D eigenvalue weighted by atomic mass is 15.2. The molecule has 0 aliphatic heterocycles. The van der Waals surface area contributed by atoms with Gasteiger partial charge in [0.1, 0.15) is 0 Å². The van der Waals surface area contributed by atoms with Gasteiger partial charge in [-0.3, -0.25) is 4.90 Å². The lowest BCUT2D eigenvalue weighted by molar-refractivity contribution is 0.190. The van der Waals surface area contributed by atoms with Crippen LogP contribution in [0.4, 0.5) is 0 Å². The largest absolute Gasteiger partial charge is 0.326 e. The van der Waals surface area contributed by atoms with E-state index in [4.69, 9.17) is 5.73 Å². The Morgan fingerprint density at radius 1 is 1.14 bits per heavy atom. The Bertz CT molecular complexity index is 134. The third-order valence-corrected chi connectivity index (χ3v) is 3.06. The van der Waals surface area contributed by atoms with E-state index in [-0.39, 0.29) is 0 Å². The van der Waals surface area contributed by atoms with Crippen molar-refractivity contribution in [1.82, 2.24) is 4.90 Å². The van der Waals surface area contributed by atoms with Crippen molar-refractivity contribution in [3.05, 3.63) is 0 Å². The second-order valence-electron chi connectivity index (χ2n) is 4.64. The van der Waals surface area contributed by atoms with Gasteiger partial charge in [-0.15, -0.1) is 0 Å². The predicted molar refractivity (Wildman–Crippen MR) is 64.4 cm³/mol. The van der Waals surface area contributed by atoms with Crippen molar-refractivity contribution in [2.24, 2.45) is 11.7 Å². The Kier molecular flexibility index (Phi) is 7.20. The number of nitrogens with two attached hydrogens (primary N) is 1. The van der Waals surface area contributed by atoms with E-state index < -0.39 is 0 Å². The summed E-state index contributed by atoms with van der Waals surface area (Å²) in [7, 11) is 0. The van der Waals surface area contributed by atoms with Crippen LogP contribution < -0.4 is 5.73 Å². The highest BCUT2D eigenvalue weighted by Gasteiger charge is 2.16. The van der Waals surface area contributed by atoms with Gasteiger partial charge in [0.2, 0.25) is 0 Å². The quantitative estimate of drug-likeness (QED) is 0.684. The molecule has 0 aromatic rings. The highest BCUT2D eigenvalue weighted by molar-refractivity contribution is 4.74. The van der Waals surface area contributed by atoms with E-state index in [2.05, 4.69) is 39.5 Å². The molecule has 0 aliphatic rings. The predicted octanol–water partition coefficient (Wildman–Crippen LogP) is 2.48. The second kappa shape index (κ2) is 7.24. The zero-order valence-corrected chi connectivity index (χ0v) is 10.6. The molecule has 2 N–H and O–H groups in total. The molecule has 14 heavy (non-hydrogen) atoms. The minimum atomic E-state index is 0.328. The van der Waals surface area contributed by atoms with E-state index in [9.17, 15) is 0 Å². The molecular weight excluding hydrogens is 172 g/mol. The van der Waals surface area contributed by atoms with Gasteiger partial charge in [0.15, 0.2) is 0 Å². The Labute approximate surface area is 89.9 Å². The maximum Gasteiger partial charge on any atom is 0.0193 e. The molecule has 0 saturated heterocycles. The first kappa shape index (κ1) is 13.9. The van der Waals surface area contributed by atoms with Crippen molar-refractivity contribution >= 4 is 0 Å². The summed E-state index contributed by atoms with van der Waals surface area (Å²) in [5.74, 6) is 0.633. The molecule has 0 amide bonds. The number of hydrogen-bond donors (Lipinski definition) is 1. The van der Waals surface area contributed by atoms with Crippen LogP contribution in [0.1, 0.15) is 47.5 Å². The fourth-order valence-electron chi connectivity index (χ4n) is 1.60. The van der Waals surface area contributed by atoms with E-state index in [0.717, 1.165) is 6.54 Å². The average Bonchev–Trinajstić information content (AvgIpc) is 2.15. The minimum absolute atomic E-state index is 0.328. The SMILES string of the molecule is CCCN(CC(N)C(C)CC)C(C)C. The lowest BCUT2D eigenvalue weighted by Gasteiger charge is -2.31. The Morgan fingerprint density at radius 3 is 2.07 bits per heavy atom. The van der Waals surface area contributed by atoms with E-state index in [0.29, 0.717) is 18.0 Å². The Balaban J connectivity index is 4.01. The first-order valence-corrected chi connectivity index (χ1v) is 6.02. The first-order valence-electron chi connectivity index (χ1n) is 6.02. The molecule has 86 valence electrons. The van der Waals surface area contributed by atoms with E-state index in [1.54, 1.807) is 0 Å².